The average molecular weight is 473 g/mol. The molecule has 0 saturated heterocycles. The summed E-state index contributed by atoms with van der Waals surface area (Å²) in [6.45, 7) is 16.9. The smallest absolute Gasteiger partial charge is 0.0449 e. The van der Waals surface area contributed by atoms with Gasteiger partial charge in [0.15, 0.2) is 0 Å². The monoisotopic (exact) mass is 472 g/mol. The van der Waals surface area contributed by atoms with E-state index in [4.69, 9.17) is 0 Å². The van der Waals surface area contributed by atoms with Crippen LogP contribution in [0, 0.1) is 47.3 Å². The SMILES string of the molecule is CCCC(C)C1CC([Si](C)(C)[Si](C)(C)C2CCC3CCCCC32)C2CC3CCCC3CC12. The van der Waals surface area contributed by atoms with Crippen molar-refractivity contribution in [1.29, 1.82) is 0 Å². The molecule has 5 rings (SSSR count). The average Bonchev–Trinajstić information content (AvgIpc) is 3.48. The second kappa shape index (κ2) is 9.14. The lowest BCUT2D eigenvalue weighted by molar-refractivity contribution is 0.108. The van der Waals surface area contributed by atoms with E-state index in [2.05, 4.69) is 40.0 Å². The molecule has 0 nitrogen and oxygen atoms in total. The molecule has 10 atom stereocenters. The maximum Gasteiger partial charge on any atom is 0.0449 e. The molecule has 0 spiro atoms. The van der Waals surface area contributed by atoms with Gasteiger partial charge < -0.3 is 0 Å². The van der Waals surface area contributed by atoms with E-state index < -0.39 is 15.2 Å². The van der Waals surface area contributed by atoms with E-state index >= 15 is 0 Å². The third-order valence-electron chi connectivity index (χ3n) is 13.4. The molecule has 0 aromatic carbocycles. The fourth-order valence-electron chi connectivity index (χ4n) is 11.1. The summed E-state index contributed by atoms with van der Waals surface area (Å²) < 4.78 is 0. The van der Waals surface area contributed by atoms with Crippen LogP contribution in [0.1, 0.15) is 104 Å². The summed E-state index contributed by atoms with van der Waals surface area (Å²) in [5, 5.41) is 0. The Morgan fingerprint density at radius 2 is 1.25 bits per heavy atom. The Kier molecular flexibility index (Phi) is 6.90. The van der Waals surface area contributed by atoms with E-state index in [0.717, 1.165) is 47.3 Å². The molecule has 0 amide bonds. The van der Waals surface area contributed by atoms with Crippen LogP contribution >= 0.6 is 0 Å². The van der Waals surface area contributed by atoms with Crippen molar-refractivity contribution in [3.63, 3.8) is 0 Å². The second-order valence-electron chi connectivity index (χ2n) is 14.9. The predicted octanol–water partition coefficient (Wildman–Crippen LogP) is 9.72. The highest BCUT2D eigenvalue weighted by Crippen LogP contribution is 2.65. The van der Waals surface area contributed by atoms with Crippen molar-refractivity contribution >= 4 is 15.2 Å². The van der Waals surface area contributed by atoms with Crippen molar-refractivity contribution in [3.8, 4) is 0 Å². The molecule has 10 unspecified atom stereocenters. The predicted molar refractivity (Wildman–Crippen MR) is 146 cm³/mol. The Labute approximate surface area is 203 Å². The van der Waals surface area contributed by atoms with Crippen molar-refractivity contribution in [2.24, 2.45) is 47.3 Å². The van der Waals surface area contributed by atoms with Gasteiger partial charge in [-0.2, -0.15) is 0 Å². The summed E-state index contributed by atoms with van der Waals surface area (Å²) in [6, 6.07) is 0. The van der Waals surface area contributed by atoms with E-state index in [1.54, 1.807) is 77.0 Å². The van der Waals surface area contributed by atoms with E-state index in [1.165, 1.54) is 23.9 Å². The first kappa shape index (κ1) is 24.1. The van der Waals surface area contributed by atoms with Crippen LogP contribution in [-0.2, 0) is 0 Å². The van der Waals surface area contributed by atoms with E-state index in [-0.39, 0.29) is 0 Å². The Morgan fingerprint density at radius 3 is 1.97 bits per heavy atom. The molecule has 0 aromatic heterocycles. The minimum Gasteiger partial charge on any atom is -0.0711 e. The molecule has 184 valence electrons. The quantitative estimate of drug-likeness (QED) is 0.337. The molecule has 5 fully saturated rings. The minimum absolute atomic E-state index is 0.985. The van der Waals surface area contributed by atoms with Crippen molar-refractivity contribution in [1.82, 2.24) is 0 Å². The molecule has 0 aromatic rings. The summed E-state index contributed by atoms with van der Waals surface area (Å²) in [4.78, 5) is 0. The van der Waals surface area contributed by atoms with Gasteiger partial charge in [0.2, 0.25) is 0 Å². The minimum atomic E-state index is -1.26. The number of rotatable bonds is 6. The molecule has 0 bridgehead atoms. The molecule has 0 radical (unpaired) electrons. The third kappa shape index (κ3) is 3.88. The standard InChI is InChI=1S/C30H56Si2/c1-7-11-21(2)26-20-30(28-19-24-14-10-13-23(24)18-27(26)28)32(5,6)31(3,4)29-17-16-22-12-8-9-15-25(22)29/h21-30H,7-20H2,1-6H3. The highest BCUT2D eigenvalue weighted by atomic mass is 29.3. The maximum atomic E-state index is 2.96. The van der Waals surface area contributed by atoms with Gasteiger partial charge in [0.1, 0.15) is 0 Å². The van der Waals surface area contributed by atoms with Crippen LogP contribution in [0.4, 0.5) is 0 Å². The second-order valence-corrected chi connectivity index (χ2v) is 31.0. The van der Waals surface area contributed by atoms with Crippen LogP contribution in [0.2, 0.25) is 37.3 Å². The lowest BCUT2D eigenvalue weighted by Gasteiger charge is -2.52. The van der Waals surface area contributed by atoms with Gasteiger partial charge in [-0.05, 0) is 77.7 Å². The Morgan fingerprint density at radius 1 is 0.625 bits per heavy atom. The van der Waals surface area contributed by atoms with Crippen LogP contribution in [0.3, 0.4) is 0 Å². The number of fused-ring (bicyclic) bond motifs is 3. The van der Waals surface area contributed by atoms with E-state index in [0.29, 0.717) is 0 Å². The Bertz CT molecular complexity index is 653. The normalized spacial score (nSPS) is 45.4. The van der Waals surface area contributed by atoms with Crippen molar-refractivity contribution in [3.05, 3.63) is 0 Å². The molecular weight excluding hydrogens is 417 g/mol. The van der Waals surface area contributed by atoms with Crippen LogP contribution < -0.4 is 0 Å². The summed E-state index contributed by atoms with van der Waals surface area (Å²) in [7, 11) is -2.49. The molecular formula is C30H56Si2. The number of hydrogen-bond donors (Lipinski definition) is 0. The molecule has 2 heteroatoms. The zero-order valence-corrected chi connectivity index (χ0v) is 24.7. The van der Waals surface area contributed by atoms with Crippen molar-refractivity contribution in [2.45, 2.75) is 141 Å². The number of hydrogen-bond acceptors (Lipinski definition) is 0. The Hall–Kier alpha value is 0.434. The lowest BCUT2D eigenvalue weighted by Crippen LogP contribution is -2.62. The van der Waals surface area contributed by atoms with Gasteiger partial charge in [-0.3, -0.25) is 0 Å². The van der Waals surface area contributed by atoms with E-state index in [1.807, 2.05) is 0 Å². The molecule has 5 aliphatic rings. The van der Waals surface area contributed by atoms with Crippen molar-refractivity contribution in [2.75, 3.05) is 0 Å². The van der Waals surface area contributed by atoms with Gasteiger partial charge in [-0.1, -0.05) is 111 Å². The highest BCUT2D eigenvalue weighted by Gasteiger charge is 2.61. The summed E-state index contributed by atoms with van der Waals surface area (Å²) in [5.41, 5.74) is 2.35. The van der Waals surface area contributed by atoms with Gasteiger partial charge in [0.05, 0.1) is 0 Å². The maximum absolute atomic E-state index is 2.96. The first-order valence-corrected chi connectivity index (χ1v) is 22.4. The largest absolute Gasteiger partial charge is 0.0711 e. The zero-order valence-electron chi connectivity index (χ0n) is 22.7. The Balaban J connectivity index is 1.42. The highest BCUT2D eigenvalue weighted by molar-refractivity contribution is 7.41. The van der Waals surface area contributed by atoms with Crippen LogP contribution in [0.15, 0.2) is 0 Å². The van der Waals surface area contributed by atoms with E-state index in [9.17, 15) is 0 Å². The summed E-state index contributed by atoms with van der Waals surface area (Å²) >= 11 is 0. The zero-order chi connectivity index (χ0) is 22.7. The molecule has 0 N–H and O–H groups in total. The summed E-state index contributed by atoms with van der Waals surface area (Å²) in [6.07, 6.45) is 22.1. The summed E-state index contributed by atoms with van der Waals surface area (Å²) in [5.74, 6) is 8.84. The van der Waals surface area contributed by atoms with Crippen molar-refractivity contribution < 1.29 is 0 Å². The molecule has 32 heavy (non-hydrogen) atoms. The fraction of sp³-hybridized carbons (Fsp3) is 1.00. The van der Waals surface area contributed by atoms with Crippen LogP contribution in [0.5, 0.6) is 0 Å². The molecule has 5 saturated carbocycles. The molecule has 5 aliphatic carbocycles. The van der Waals surface area contributed by atoms with Crippen LogP contribution in [0.25, 0.3) is 0 Å². The topological polar surface area (TPSA) is 0 Å². The first-order valence-electron chi connectivity index (χ1n) is 15.3. The first-order chi connectivity index (χ1) is 15.3. The fourth-order valence-corrected chi connectivity index (χ4v) is 25.5. The third-order valence-corrected chi connectivity index (χ3v) is 34.0. The van der Waals surface area contributed by atoms with Gasteiger partial charge in [0.25, 0.3) is 0 Å². The lowest BCUT2D eigenvalue weighted by atomic mass is 9.67. The van der Waals surface area contributed by atoms with Crippen LogP contribution in [-0.4, -0.2) is 15.2 Å². The molecule has 0 aliphatic heterocycles. The van der Waals surface area contributed by atoms with Gasteiger partial charge in [-0.15, -0.1) is 0 Å². The van der Waals surface area contributed by atoms with Gasteiger partial charge >= 0.3 is 0 Å². The van der Waals surface area contributed by atoms with Gasteiger partial charge in [-0.25, -0.2) is 0 Å². The van der Waals surface area contributed by atoms with Gasteiger partial charge in [0, 0.05) is 15.2 Å². The molecule has 0 heterocycles.